The fourth-order valence-corrected chi connectivity index (χ4v) is 1.96. The fourth-order valence-electron chi connectivity index (χ4n) is 1.96. The third kappa shape index (κ3) is 3.16. The van der Waals surface area contributed by atoms with Crippen molar-refractivity contribution in [2.75, 3.05) is 0 Å². The Morgan fingerprint density at radius 1 is 1.36 bits per heavy atom. The van der Waals surface area contributed by atoms with E-state index in [2.05, 4.69) is 14.9 Å². The summed E-state index contributed by atoms with van der Waals surface area (Å²) >= 11 is 0. The van der Waals surface area contributed by atoms with Gasteiger partial charge in [-0.1, -0.05) is 20.8 Å². The third-order valence-corrected chi connectivity index (χ3v) is 3.06. The average Bonchev–Trinajstić information content (AvgIpc) is 2.87. The summed E-state index contributed by atoms with van der Waals surface area (Å²) in [7, 11) is 0. The van der Waals surface area contributed by atoms with E-state index in [1.54, 1.807) is 20.8 Å². The van der Waals surface area contributed by atoms with E-state index in [1.165, 1.54) is 12.1 Å². The van der Waals surface area contributed by atoms with Gasteiger partial charge in [0.25, 0.3) is 0 Å². The van der Waals surface area contributed by atoms with Gasteiger partial charge in [0.05, 0.1) is 11.0 Å². The summed E-state index contributed by atoms with van der Waals surface area (Å²) in [6, 6.07) is 4.47. The number of carbonyl (C=O) groups excluding carboxylic acids is 1. The van der Waals surface area contributed by atoms with E-state index in [-0.39, 0.29) is 57.6 Å². The van der Waals surface area contributed by atoms with Crippen LogP contribution in [0.25, 0.3) is 11.0 Å². The molecule has 0 saturated carbocycles. The van der Waals surface area contributed by atoms with E-state index in [9.17, 15) is 20.2 Å². The van der Waals surface area contributed by atoms with Crippen molar-refractivity contribution >= 4 is 52.1 Å². The monoisotopic (exact) mass is 311 g/mol. The number of ketones is 1. The predicted molar refractivity (Wildman–Crippen MR) is 77.0 cm³/mol. The standard InChI is InChI=1S/C13H12N4O4.Na/c1-13(2,3)12(18)8(6-14)7-4-5-9(17(19)20)11-10(7)15-21-16-11;/h4-5,8H,1-3H3;. The fraction of sp³-hybridized carbons (Fsp3) is 0.385. The number of fused-ring (bicyclic) bond motifs is 1. The van der Waals surface area contributed by atoms with Gasteiger partial charge in [-0.2, -0.15) is 5.26 Å². The second-order valence-corrected chi connectivity index (χ2v) is 5.57. The first-order chi connectivity index (χ1) is 9.77. The number of aromatic nitrogens is 2. The number of nitro groups is 1. The minimum Gasteiger partial charge on any atom is -0.297 e. The van der Waals surface area contributed by atoms with Crippen LogP contribution in [0.4, 0.5) is 5.69 Å². The Morgan fingerprint density at radius 2 is 1.95 bits per heavy atom. The number of nitro benzene ring substituents is 1. The van der Waals surface area contributed by atoms with Crippen LogP contribution in [-0.4, -0.2) is 50.6 Å². The normalized spacial score (nSPS) is 12.3. The van der Waals surface area contributed by atoms with Gasteiger partial charge in [0.15, 0.2) is 5.78 Å². The molecule has 0 bridgehead atoms. The van der Waals surface area contributed by atoms with Crippen LogP contribution in [0.3, 0.4) is 0 Å². The molecule has 9 heteroatoms. The number of nitrogens with zero attached hydrogens (tertiary/aromatic N) is 4. The Bertz CT molecular complexity index is 772. The van der Waals surface area contributed by atoms with Crippen LogP contribution in [0.2, 0.25) is 0 Å². The molecule has 0 aliphatic heterocycles. The Balaban J connectivity index is 0.00000242. The molecule has 1 atom stereocenters. The molecule has 22 heavy (non-hydrogen) atoms. The summed E-state index contributed by atoms with van der Waals surface area (Å²) in [5.41, 5.74) is -0.756. The van der Waals surface area contributed by atoms with Crippen molar-refractivity contribution in [1.29, 1.82) is 5.26 Å². The molecular weight excluding hydrogens is 299 g/mol. The smallest absolute Gasteiger partial charge is 0.297 e. The molecule has 1 heterocycles. The molecule has 2 rings (SSSR count). The number of carbonyl (C=O) groups is 1. The quantitative estimate of drug-likeness (QED) is 0.482. The molecule has 0 saturated heterocycles. The summed E-state index contributed by atoms with van der Waals surface area (Å²) < 4.78 is 4.53. The third-order valence-electron chi connectivity index (χ3n) is 3.06. The van der Waals surface area contributed by atoms with E-state index in [0.29, 0.717) is 0 Å². The number of non-ortho nitro benzene ring substituents is 1. The first-order valence-corrected chi connectivity index (χ1v) is 6.11. The molecule has 1 unspecified atom stereocenters. The molecule has 0 N–H and O–H groups in total. The molecule has 1 radical (unpaired) electrons. The van der Waals surface area contributed by atoms with Crippen molar-refractivity contribution in [2.24, 2.45) is 5.41 Å². The largest absolute Gasteiger partial charge is 0.300 e. The van der Waals surface area contributed by atoms with E-state index >= 15 is 0 Å². The Labute approximate surface area is 147 Å². The van der Waals surface area contributed by atoms with Gasteiger partial charge in [-0.25, -0.2) is 4.63 Å². The first-order valence-electron chi connectivity index (χ1n) is 6.11. The van der Waals surface area contributed by atoms with Gasteiger partial charge in [-0.3, -0.25) is 14.9 Å². The molecule has 0 amide bonds. The van der Waals surface area contributed by atoms with E-state index in [0.717, 1.165) is 0 Å². The maximum absolute atomic E-state index is 12.3. The molecule has 0 aliphatic rings. The Morgan fingerprint density at radius 3 is 2.45 bits per heavy atom. The van der Waals surface area contributed by atoms with Gasteiger partial charge >= 0.3 is 5.69 Å². The molecule has 1 aromatic heterocycles. The van der Waals surface area contributed by atoms with Gasteiger partial charge in [-0.15, -0.1) is 0 Å². The number of rotatable bonds is 3. The van der Waals surface area contributed by atoms with E-state index < -0.39 is 16.3 Å². The molecule has 8 nitrogen and oxygen atoms in total. The average molecular weight is 311 g/mol. The van der Waals surface area contributed by atoms with Crippen LogP contribution in [0, 0.1) is 26.9 Å². The summed E-state index contributed by atoms with van der Waals surface area (Å²) in [6.45, 7) is 5.09. The summed E-state index contributed by atoms with van der Waals surface area (Å²) in [6.07, 6.45) is 0. The molecule has 0 aliphatic carbocycles. The zero-order valence-corrected chi connectivity index (χ0v) is 14.7. The van der Waals surface area contributed by atoms with Crippen molar-refractivity contribution < 1.29 is 14.3 Å². The maximum atomic E-state index is 12.3. The summed E-state index contributed by atoms with van der Waals surface area (Å²) in [4.78, 5) is 22.6. The van der Waals surface area contributed by atoms with Crippen molar-refractivity contribution in [3.8, 4) is 6.07 Å². The summed E-state index contributed by atoms with van der Waals surface area (Å²) in [5, 5.41) is 27.3. The first kappa shape index (κ1) is 18.2. The van der Waals surface area contributed by atoms with E-state index in [1.807, 2.05) is 6.07 Å². The Kier molecular flexibility index (Phi) is 5.40. The Hall–Kier alpha value is -1.82. The van der Waals surface area contributed by atoms with Crippen LogP contribution in [0.5, 0.6) is 0 Å². The molecule has 2 aromatic rings. The number of hydrogen-bond acceptors (Lipinski definition) is 7. The van der Waals surface area contributed by atoms with Gasteiger partial charge in [0.1, 0.15) is 11.4 Å². The van der Waals surface area contributed by atoms with Crippen LogP contribution in [0.1, 0.15) is 32.3 Å². The van der Waals surface area contributed by atoms with Crippen molar-refractivity contribution in [2.45, 2.75) is 26.7 Å². The molecule has 1 aromatic carbocycles. The van der Waals surface area contributed by atoms with Gasteiger partial charge in [0, 0.05) is 46.6 Å². The topological polar surface area (TPSA) is 123 Å². The second-order valence-electron chi connectivity index (χ2n) is 5.57. The summed E-state index contributed by atoms with van der Waals surface area (Å²) in [5.74, 6) is -1.39. The van der Waals surface area contributed by atoms with Crippen molar-refractivity contribution in [3.63, 3.8) is 0 Å². The minimum absolute atomic E-state index is 0. The number of hydrogen-bond donors (Lipinski definition) is 0. The molecule has 109 valence electrons. The van der Waals surface area contributed by atoms with Crippen LogP contribution in [0.15, 0.2) is 16.8 Å². The molecular formula is C13H12N4NaO4. The van der Waals surface area contributed by atoms with E-state index in [4.69, 9.17) is 0 Å². The number of benzene rings is 1. The van der Waals surface area contributed by atoms with Crippen molar-refractivity contribution in [3.05, 3.63) is 27.8 Å². The second kappa shape index (κ2) is 6.52. The molecule has 0 spiro atoms. The zero-order chi connectivity index (χ0) is 15.8. The van der Waals surface area contributed by atoms with Gasteiger partial charge in [-0.05, 0) is 16.4 Å². The van der Waals surface area contributed by atoms with Crippen LogP contribution >= 0.6 is 0 Å². The van der Waals surface area contributed by atoms with Gasteiger partial charge < -0.3 is 0 Å². The minimum atomic E-state index is -1.08. The number of Topliss-reactive ketones (excluding diaryl/α,β-unsaturated/α-hetero) is 1. The molecule has 0 fully saturated rings. The SMILES string of the molecule is CC(C)(C)C(=O)C(C#N)c1ccc([N+](=O)[O-])c2nonc12.[Na]. The van der Waals surface area contributed by atoms with Crippen molar-refractivity contribution in [1.82, 2.24) is 10.3 Å². The zero-order valence-electron chi connectivity index (χ0n) is 12.7. The van der Waals surface area contributed by atoms with Crippen LogP contribution < -0.4 is 0 Å². The maximum Gasteiger partial charge on any atom is 0.300 e. The predicted octanol–water partition coefficient (Wildman–Crippen LogP) is 1.97. The number of nitriles is 1. The van der Waals surface area contributed by atoms with Crippen LogP contribution in [-0.2, 0) is 4.79 Å². The van der Waals surface area contributed by atoms with Gasteiger partial charge in [0.2, 0.25) is 5.52 Å².